The van der Waals surface area contributed by atoms with Gasteiger partial charge in [-0.2, -0.15) is 0 Å². The Morgan fingerprint density at radius 2 is 1.88 bits per heavy atom. The largest absolute Gasteiger partial charge is 0.369 e. The minimum Gasteiger partial charge on any atom is -0.369 e. The van der Waals surface area contributed by atoms with Gasteiger partial charge in [0, 0.05) is 36.6 Å². The Kier molecular flexibility index (Phi) is 6.84. The van der Waals surface area contributed by atoms with Gasteiger partial charge < -0.3 is 15.8 Å². The molecule has 3 heterocycles. The van der Waals surface area contributed by atoms with E-state index >= 15 is 0 Å². The van der Waals surface area contributed by atoms with Crippen LogP contribution < -0.4 is 11.1 Å². The summed E-state index contributed by atoms with van der Waals surface area (Å²) in [7, 11) is 0. The summed E-state index contributed by atoms with van der Waals surface area (Å²) in [5.41, 5.74) is 9.30. The molecule has 8 heteroatoms. The summed E-state index contributed by atoms with van der Waals surface area (Å²) in [4.78, 5) is 34.4. The van der Waals surface area contributed by atoms with Gasteiger partial charge in [-0.3, -0.25) is 24.5 Å². The second-order valence-corrected chi connectivity index (χ2v) is 7.61. The molecule has 1 aliphatic heterocycles. The first-order chi connectivity index (χ1) is 15.6. The zero-order chi connectivity index (χ0) is 22.3. The maximum Gasteiger partial charge on any atom is 0.248 e. The van der Waals surface area contributed by atoms with Crippen LogP contribution >= 0.6 is 0 Å². The molecule has 0 saturated carbocycles. The number of pyridine rings is 2. The van der Waals surface area contributed by atoms with E-state index in [1.165, 1.54) is 0 Å². The van der Waals surface area contributed by atoms with Crippen LogP contribution in [0.1, 0.15) is 27.8 Å². The lowest BCUT2D eigenvalue weighted by Gasteiger charge is -2.32. The van der Waals surface area contributed by atoms with Crippen LogP contribution in [0.2, 0.25) is 0 Å². The summed E-state index contributed by atoms with van der Waals surface area (Å²) < 4.78 is 5.90. The third-order valence-corrected chi connectivity index (χ3v) is 5.33. The number of carbonyl (C=O) groups excluding carboxylic acids is 2. The summed E-state index contributed by atoms with van der Waals surface area (Å²) in [6.07, 6.45) is 3.30. The fourth-order valence-electron chi connectivity index (χ4n) is 3.57. The average Bonchev–Trinajstić information content (AvgIpc) is 2.84. The number of hydrogen-bond acceptors (Lipinski definition) is 6. The van der Waals surface area contributed by atoms with Gasteiger partial charge in [0.1, 0.15) is 6.10 Å². The Labute approximate surface area is 186 Å². The van der Waals surface area contributed by atoms with Crippen LogP contribution in [0, 0.1) is 0 Å². The Morgan fingerprint density at radius 3 is 2.56 bits per heavy atom. The van der Waals surface area contributed by atoms with E-state index in [1.54, 1.807) is 24.5 Å². The quantitative estimate of drug-likeness (QED) is 0.592. The fraction of sp³-hybridized carbons (Fsp3) is 0.250. The molecule has 8 nitrogen and oxygen atoms in total. The van der Waals surface area contributed by atoms with Crippen molar-refractivity contribution in [2.75, 3.05) is 26.2 Å². The first-order valence-electron chi connectivity index (χ1n) is 10.5. The molecule has 0 radical (unpaired) electrons. The molecule has 3 aromatic rings. The minimum absolute atomic E-state index is 0.0426. The van der Waals surface area contributed by atoms with Crippen LogP contribution in [0.4, 0.5) is 0 Å². The molecule has 1 fully saturated rings. The van der Waals surface area contributed by atoms with E-state index in [9.17, 15) is 9.59 Å². The highest BCUT2D eigenvalue weighted by atomic mass is 16.5. The predicted molar refractivity (Wildman–Crippen MR) is 119 cm³/mol. The van der Waals surface area contributed by atoms with Crippen molar-refractivity contribution in [3.05, 3.63) is 83.9 Å². The number of hydrogen-bond donors (Lipinski definition) is 2. The lowest BCUT2D eigenvalue weighted by molar-refractivity contribution is -0.124. The third-order valence-electron chi connectivity index (χ3n) is 5.33. The number of primary amides is 1. The zero-order valence-corrected chi connectivity index (χ0v) is 17.6. The first kappa shape index (κ1) is 21.6. The predicted octanol–water partition coefficient (Wildman–Crippen LogP) is 1.93. The normalized spacial score (nSPS) is 16.4. The number of morpholine rings is 1. The van der Waals surface area contributed by atoms with Gasteiger partial charge in [0.15, 0.2) is 0 Å². The van der Waals surface area contributed by atoms with Gasteiger partial charge in [-0.1, -0.05) is 24.3 Å². The second kappa shape index (κ2) is 10.1. The molecular formula is C24H25N5O3. The van der Waals surface area contributed by atoms with E-state index in [2.05, 4.69) is 20.2 Å². The van der Waals surface area contributed by atoms with Crippen LogP contribution in [-0.4, -0.2) is 52.9 Å². The summed E-state index contributed by atoms with van der Waals surface area (Å²) >= 11 is 0. The van der Waals surface area contributed by atoms with Crippen molar-refractivity contribution in [3.63, 3.8) is 0 Å². The van der Waals surface area contributed by atoms with Gasteiger partial charge in [0.2, 0.25) is 11.8 Å². The third kappa shape index (κ3) is 5.54. The van der Waals surface area contributed by atoms with Crippen LogP contribution in [-0.2, 0) is 16.1 Å². The average molecular weight is 431 g/mol. The molecule has 2 aromatic heterocycles. The van der Waals surface area contributed by atoms with Gasteiger partial charge in [-0.25, -0.2) is 0 Å². The molecule has 0 spiro atoms. The molecule has 0 bridgehead atoms. The van der Waals surface area contributed by atoms with Gasteiger partial charge in [0.25, 0.3) is 0 Å². The molecule has 1 aliphatic rings. The van der Waals surface area contributed by atoms with E-state index in [4.69, 9.17) is 10.5 Å². The van der Waals surface area contributed by atoms with E-state index in [-0.39, 0.29) is 12.0 Å². The SMILES string of the molecule is NC(=O)c1ccc(-c2ccc([C@H]3CN(CC(=O)NCc4ccccn4)CCO3)nc2)cc1. The molecule has 3 N–H and O–H groups in total. The van der Waals surface area contributed by atoms with Crippen LogP contribution in [0.3, 0.4) is 0 Å². The van der Waals surface area contributed by atoms with Crippen molar-refractivity contribution in [1.82, 2.24) is 20.2 Å². The van der Waals surface area contributed by atoms with Crippen LogP contribution in [0.5, 0.6) is 0 Å². The minimum atomic E-state index is -0.450. The van der Waals surface area contributed by atoms with Gasteiger partial charge in [0.05, 0.1) is 31.1 Å². The monoisotopic (exact) mass is 431 g/mol. The van der Waals surface area contributed by atoms with E-state index < -0.39 is 5.91 Å². The number of nitrogens with one attached hydrogen (secondary N) is 1. The number of nitrogens with two attached hydrogens (primary N) is 1. The van der Waals surface area contributed by atoms with Crippen molar-refractivity contribution in [2.45, 2.75) is 12.6 Å². The van der Waals surface area contributed by atoms with Crippen molar-refractivity contribution in [1.29, 1.82) is 0 Å². The Bertz CT molecular complexity index is 1060. The smallest absolute Gasteiger partial charge is 0.248 e. The highest BCUT2D eigenvalue weighted by molar-refractivity contribution is 5.93. The number of rotatable bonds is 7. The summed E-state index contributed by atoms with van der Waals surface area (Å²) in [5, 5.41) is 2.91. The molecule has 1 atom stereocenters. The van der Waals surface area contributed by atoms with Crippen molar-refractivity contribution in [3.8, 4) is 11.1 Å². The lowest BCUT2D eigenvalue weighted by atomic mass is 10.0. The number of carbonyl (C=O) groups is 2. The topological polar surface area (TPSA) is 110 Å². The number of nitrogens with zero attached hydrogens (tertiary/aromatic N) is 3. The Hall–Kier alpha value is -3.62. The molecule has 0 aliphatic carbocycles. The number of ether oxygens (including phenoxy) is 1. The number of aromatic nitrogens is 2. The number of benzene rings is 1. The van der Waals surface area contributed by atoms with Crippen LogP contribution in [0.25, 0.3) is 11.1 Å². The van der Waals surface area contributed by atoms with Gasteiger partial charge in [-0.05, 0) is 35.9 Å². The number of amides is 2. The first-order valence-corrected chi connectivity index (χ1v) is 10.5. The second-order valence-electron chi connectivity index (χ2n) is 7.61. The molecule has 1 saturated heterocycles. The molecule has 164 valence electrons. The zero-order valence-electron chi connectivity index (χ0n) is 17.6. The summed E-state index contributed by atoms with van der Waals surface area (Å²) in [6.45, 7) is 2.54. The highest BCUT2D eigenvalue weighted by Gasteiger charge is 2.24. The van der Waals surface area contributed by atoms with E-state index in [1.807, 2.05) is 42.5 Å². The molecule has 2 amide bonds. The van der Waals surface area contributed by atoms with Crippen molar-refractivity contribution in [2.24, 2.45) is 5.73 Å². The standard InChI is InChI=1S/C24H25N5O3/c25-24(31)18-6-4-17(5-7-18)19-8-9-21(27-13-19)22-15-29(11-12-32-22)16-23(30)28-14-20-3-1-2-10-26-20/h1-10,13,22H,11-12,14-16H2,(H2,25,31)(H,28,30)/t22-/m1/s1. The summed E-state index contributed by atoms with van der Waals surface area (Å²) in [5.74, 6) is -0.492. The molecule has 32 heavy (non-hydrogen) atoms. The lowest BCUT2D eigenvalue weighted by Crippen LogP contribution is -2.44. The van der Waals surface area contributed by atoms with Crippen molar-refractivity contribution >= 4 is 11.8 Å². The van der Waals surface area contributed by atoms with E-state index in [0.717, 1.165) is 22.5 Å². The van der Waals surface area contributed by atoms with Crippen molar-refractivity contribution < 1.29 is 14.3 Å². The van der Waals surface area contributed by atoms with Crippen LogP contribution in [0.15, 0.2) is 67.0 Å². The molecule has 4 rings (SSSR count). The van der Waals surface area contributed by atoms with Gasteiger partial charge >= 0.3 is 0 Å². The molecular weight excluding hydrogens is 406 g/mol. The fourth-order valence-corrected chi connectivity index (χ4v) is 3.57. The Morgan fingerprint density at radius 1 is 1.06 bits per heavy atom. The maximum absolute atomic E-state index is 12.3. The molecule has 0 unspecified atom stereocenters. The van der Waals surface area contributed by atoms with Gasteiger partial charge in [-0.15, -0.1) is 0 Å². The summed E-state index contributed by atoms with van der Waals surface area (Å²) in [6, 6.07) is 16.6. The van der Waals surface area contributed by atoms with E-state index in [0.29, 0.717) is 38.3 Å². The Balaban J connectivity index is 1.32. The molecule has 1 aromatic carbocycles. The highest BCUT2D eigenvalue weighted by Crippen LogP contribution is 2.24. The maximum atomic E-state index is 12.3.